The summed E-state index contributed by atoms with van der Waals surface area (Å²) in [5.74, 6) is 0.241. The van der Waals surface area contributed by atoms with Gasteiger partial charge in [-0.1, -0.05) is 12.8 Å². The predicted octanol–water partition coefficient (Wildman–Crippen LogP) is 2.33. The largest absolute Gasteiger partial charge is 0.493 e. The van der Waals surface area contributed by atoms with E-state index in [2.05, 4.69) is 0 Å². The minimum atomic E-state index is -0.526. The van der Waals surface area contributed by atoms with Gasteiger partial charge in [-0.25, -0.2) is 0 Å². The minimum Gasteiger partial charge on any atom is -0.493 e. The lowest BCUT2D eigenvalue weighted by Crippen LogP contribution is -2.34. The second-order valence-electron chi connectivity index (χ2n) is 5.16. The van der Waals surface area contributed by atoms with Crippen molar-refractivity contribution in [3.05, 3.63) is 17.4 Å². The summed E-state index contributed by atoms with van der Waals surface area (Å²) in [7, 11) is 1.45. The van der Waals surface area contributed by atoms with Crippen molar-refractivity contribution in [1.29, 1.82) is 0 Å². The first-order valence-corrected chi connectivity index (χ1v) is 6.61. The van der Waals surface area contributed by atoms with Gasteiger partial charge in [-0.3, -0.25) is 0 Å². The molecule has 0 saturated heterocycles. The molecule has 2 aliphatic rings. The van der Waals surface area contributed by atoms with Crippen molar-refractivity contribution in [2.24, 2.45) is 5.73 Å². The van der Waals surface area contributed by atoms with Crippen LogP contribution in [0.1, 0.15) is 31.2 Å². The molecule has 2 N–H and O–H groups in total. The molecule has 104 valence electrons. The van der Waals surface area contributed by atoms with E-state index in [1.807, 2.05) is 0 Å². The molecule has 1 aromatic rings. The van der Waals surface area contributed by atoms with E-state index in [9.17, 15) is 4.39 Å². The second-order valence-corrected chi connectivity index (χ2v) is 5.16. The first-order valence-electron chi connectivity index (χ1n) is 6.61. The van der Waals surface area contributed by atoms with Crippen LogP contribution >= 0.6 is 0 Å². The number of benzene rings is 1. The van der Waals surface area contributed by atoms with Gasteiger partial charge in [0.05, 0.1) is 7.11 Å². The monoisotopic (exact) mass is 267 g/mol. The van der Waals surface area contributed by atoms with Crippen LogP contribution in [0, 0.1) is 5.82 Å². The zero-order valence-electron chi connectivity index (χ0n) is 11.0. The van der Waals surface area contributed by atoms with Crippen molar-refractivity contribution >= 4 is 0 Å². The summed E-state index contributed by atoms with van der Waals surface area (Å²) in [5.41, 5.74) is 6.58. The van der Waals surface area contributed by atoms with Gasteiger partial charge in [-0.15, -0.1) is 0 Å². The van der Waals surface area contributed by atoms with Crippen LogP contribution in [0.5, 0.6) is 17.2 Å². The van der Waals surface area contributed by atoms with Crippen molar-refractivity contribution < 1.29 is 18.6 Å². The molecule has 0 atom stereocenters. The smallest absolute Gasteiger partial charge is 0.211 e. The van der Waals surface area contributed by atoms with Gasteiger partial charge in [0.1, 0.15) is 13.2 Å². The Bertz CT molecular complexity index is 498. The third kappa shape index (κ3) is 1.92. The number of fused-ring (bicyclic) bond motifs is 1. The van der Waals surface area contributed by atoms with Crippen molar-refractivity contribution in [2.75, 3.05) is 20.3 Å². The average molecular weight is 267 g/mol. The third-order valence-electron chi connectivity index (χ3n) is 3.97. The lowest BCUT2D eigenvalue weighted by molar-refractivity contribution is 0.161. The highest BCUT2D eigenvalue weighted by molar-refractivity contribution is 5.55. The van der Waals surface area contributed by atoms with E-state index >= 15 is 0 Å². The summed E-state index contributed by atoms with van der Waals surface area (Å²) in [6.45, 7) is 0.774. The highest BCUT2D eigenvalue weighted by Crippen LogP contribution is 2.47. The van der Waals surface area contributed by atoms with Gasteiger partial charge >= 0.3 is 0 Å². The molecule has 5 heteroatoms. The van der Waals surface area contributed by atoms with Crippen LogP contribution in [0.15, 0.2) is 6.07 Å². The maximum atomic E-state index is 14.5. The van der Waals surface area contributed by atoms with E-state index in [0.29, 0.717) is 24.5 Å². The normalized spacial score (nSPS) is 20.4. The maximum absolute atomic E-state index is 14.5. The van der Waals surface area contributed by atoms with E-state index in [1.54, 1.807) is 6.07 Å². The SMILES string of the molecule is COc1c(C2(N)CCCC2)cc2c(c1F)OCCO2. The van der Waals surface area contributed by atoms with Crippen molar-refractivity contribution in [2.45, 2.75) is 31.2 Å². The number of hydrogen-bond donors (Lipinski definition) is 1. The molecule has 1 aromatic carbocycles. The predicted molar refractivity (Wildman–Crippen MR) is 68.3 cm³/mol. The van der Waals surface area contributed by atoms with Crippen LogP contribution in [0.4, 0.5) is 4.39 Å². The van der Waals surface area contributed by atoms with Gasteiger partial charge in [-0.05, 0) is 18.9 Å². The summed E-state index contributed by atoms with van der Waals surface area (Å²) in [5, 5.41) is 0. The van der Waals surface area contributed by atoms with Crippen molar-refractivity contribution in [1.82, 2.24) is 0 Å². The van der Waals surface area contributed by atoms with Crippen LogP contribution in [0.25, 0.3) is 0 Å². The molecular weight excluding hydrogens is 249 g/mol. The van der Waals surface area contributed by atoms with E-state index in [-0.39, 0.29) is 11.5 Å². The summed E-state index contributed by atoms with van der Waals surface area (Å²) < 4.78 is 30.5. The quantitative estimate of drug-likeness (QED) is 0.893. The number of methoxy groups -OCH3 is 1. The number of halogens is 1. The molecule has 1 heterocycles. The summed E-state index contributed by atoms with van der Waals surface area (Å²) in [6.07, 6.45) is 3.77. The Labute approximate surface area is 111 Å². The average Bonchev–Trinajstić information content (AvgIpc) is 2.87. The van der Waals surface area contributed by atoms with Crippen LogP contribution < -0.4 is 19.9 Å². The molecule has 0 unspecified atom stereocenters. The van der Waals surface area contributed by atoms with Gasteiger partial charge in [-0.2, -0.15) is 4.39 Å². The zero-order valence-corrected chi connectivity index (χ0v) is 11.0. The number of nitrogens with two attached hydrogens (primary N) is 1. The van der Waals surface area contributed by atoms with Crippen LogP contribution in [-0.2, 0) is 5.54 Å². The molecule has 0 amide bonds. The Morgan fingerprint density at radius 1 is 1.26 bits per heavy atom. The van der Waals surface area contributed by atoms with Gasteiger partial charge in [0.2, 0.25) is 11.6 Å². The zero-order chi connectivity index (χ0) is 13.5. The van der Waals surface area contributed by atoms with Gasteiger partial charge in [0.15, 0.2) is 11.5 Å². The fraction of sp³-hybridized carbons (Fsp3) is 0.571. The first-order chi connectivity index (χ1) is 9.15. The maximum Gasteiger partial charge on any atom is 0.211 e. The van der Waals surface area contributed by atoms with Crippen LogP contribution in [-0.4, -0.2) is 20.3 Å². The Hall–Kier alpha value is -1.49. The van der Waals surface area contributed by atoms with Gasteiger partial charge in [0, 0.05) is 11.1 Å². The fourth-order valence-corrected chi connectivity index (χ4v) is 2.97. The van der Waals surface area contributed by atoms with Gasteiger partial charge < -0.3 is 19.9 Å². The molecule has 19 heavy (non-hydrogen) atoms. The summed E-state index contributed by atoms with van der Waals surface area (Å²) >= 11 is 0. The minimum absolute atomic E-state index is 0.133. The third-order valence-corrected chi connectivity index (χ3v) is 3.97. The van der Waals surface area contributed by atoms with Crippen LogP contribution in [0.3, 0.4) is 0 Å². The topological polar surface area (TPSA) is 53.7 Å². The molecule has 1 fully saturated rings. The van der Waals surface area contributed by atoms with E-state index in [0.717, 1.165) is 25.7 Å². The molecule has 0 bridgehead atoms. The van der Waals surface area contributed by atoms with Gasteiger partial charge in [0.25, 0.3) is 0 Å². The molecular formula is C14H18FNO3. The standard InChI is InChI=1S/C14H18FNO3/c1-17-12-9(14(16)4-2-3-5-14)8-10-13(11(12)15)19-7-6-18-10/h8H,2-7,16H2,1H3. The summed E-state index contributed by atoms with van der Waals surface area (Å²) in [6, 6.07) is 1.78. The lowest BCUT2D eigenvalue weighted by atomic mass is 9.88. The summed E-state index contributed by atoms with van der Waals surface area (Å²) in [4.78, 5) is 0. The highest BCUT2D eigenvalue weighted by atomic mass is 19.1. The second kappa shape index (κ2) is 4.56. The van der Waals surface area contributed by atoms with Crippen LogP contribution in [0.2, 0.25) is 0 Å². The van der Waals surface area contributed by atoms with E-state index < -0.39 is 11.4 Å². The molecule has 0 radical (unpaired) electrons. The highest BCUT2D eigenvalue weighted by Gasteiger charge is 2.37. The van der Waals surface area contributed by atoms with E-state index in [4.69, 9.17) is 19.9 Å². The first kappa shape index (κ1) is 12.5. The molecule has 4 nitrogen and oxygen atoms in total. The number of hydrogen-bond acceptors (Lipinski definition) is 4. The molecule has 1 saturated carbocycles. The Morgan fingerprint density at radius 3 is 2.63 bits per heavy atom. The Balaban J connectivity index is 2.15. The van der Waals surface area contributed by atoms with Crippen molar-refractivity contribution in [3.8, 4) is 17.2 Å². The molecule has 1 aliphatic heterocycles. The molecule has 1 aliphatic carbocycles. The van der Waals surface area contributed by atoms with E-state index in [1.165, 1.54) is 7.11 Å². The molecule has 0 spiro atoms. The molecule has 3 rings (SSSR count). The lowest BCUT2D eigenvalue weighted by Gasteiger charge is -2.29. The Morgan fingerprint density at radius 2 is 1.95 bits per heavy atom. The fourth-order valence-electron chi connectivity index (χ4n) is 2.97. The number of ether oxygens (including phenoxy) is 3. The van der Waals surface area contributed by atoms with Crippen molar-refractivity contribution in [3.63, 3.8) is 0 Å². The Kier molecular flexibility index (Phi) is 3.01. The number of rotatable bonds is 2. The molecule has 0 aromatic heterocycles.